The smallest absolute Gasteiger partial charge is 0.207 e. The topological polar surface area (TPSA) is 47.7 Å². The molecule has 2 rings (SSSR count). The van der Waals surface area contributed by atoms with E-state index in [9.17, 15) is 0 Å². The molecular formula is C10H15N5. The van der Waals surface area contributed by atoms with Gasteiger partial charge in [-0.3, -0.25) is 9.25 Å². The Hall–Kier alpha value is -1.78. The quantitative estimate of drug-likeness (QED) is 0.819. The molecule has 0 aliphatic rings. The number of nitrogens with one attached hydrogen (secondary N) is 1. The van der Waals surface area contributed by atoms with E-state index in [1.807, 2.05) is 35.7 Å². The molecule has 2 aromatic rings. The Balaban J connectivity index is 2.52. The molecule has 0 aromatic carbocycles. The van der Waals surface area contributed by atoms with Crippen molar-refractivity contribution in [1.29, 1.82) is 0 Å². The van der Waals surface area contributed by atoms with E-state index in [1.54, 1.807) is 6.20 Å². The van der Waals surface area contributed by atoms with Gasteiger partial charge in [0.15, 0.2) is 0 Å². The molecule has 5 nitrogen and oxygen atoms in total. The highest BCUT2D eigenvalue weighted by atomic mass is 15.3. The van der Waals surface area contributed by atoms with Gasteiger partial charge in [0.25, 0.3) is 0 Å². The Morgan fingerprint density at radius 3 is 2.93 bits per heavy atom. The lowest BCUT2D eigenvalue weighted by molar-refractivity contribution is 0.746. The van der Waals surface area contributed by atoms with Gasteiger partial charge in [0.2, 0.25) is 5.95 Å². The zero-order chi connectivity index (χ0) is 10.8. The van der Waals surface area contributed by atoms with Gasteiger partial charge in [0.05, 0.1) is 11.4 Å². The predicted molar refractivity (Wildman–Crippen MR) is 59.3 cm³/mol. The Labute approximate surface area is 88.7 Å². The first kappa shape index (κ1) is 9.76. The van der Waals surface area contributed by atoms with Crippen molar-refractivity contribution in [3.63, 3.8) is 0 Å². The highest BCUT2D eigenvalue weighted by Gasteiger charge is 2.10. The summed E-state index contributed by atoms with van der Waals surface area (Å²) in [5.41, 5.74) is 2.16. The zero-order valence-corrected chi connectivity index (χ0v) is 9.23. The fraction of sp³-hybridized carbons (Fsp3) is 0.400. The molecule has 1 N–H and O–H groups in total. The molecule has 0 fully saturated rings. The second-order valence-electron chi connectivity index (χ2n) is 3.36. The predicted octanol–water partition coefficient (Wildman–Crippen LogP) is 1.21. The molecular weight excluding hydrogens is 190 g/mol. The van der Waals surface area contributed by atoms with Crippen LogP contribution in [-0.2, 0) is 13.5 Å². The maximum atomic E-state index is 4.40. The summed E-state index contributed by atoms with van der Waals surface area (Å²) in [7, 11) is 3.79. The van der Waals surface area contributed by atoms with E-state index in [-0.39, 0.29) is 0 Å². The third kappa shape index (κ3) is 1.60. The van der Waals surface area contributed by atoms with Crippen LogP contribution in [0.4, 0.5) is 5.95 Å². The van der Waals surface area contributed by atoms with Crippen molar-refractivity contribution in [3.05, 3.63) is 24.3 Å². The largest absolute Gasteiger partial charge is 0.358 e. The number of aromatic nitrogens is 4. The minimum atomic E-state index is 0.831. The van der Waals surface area contributed by atoms with Gasteiger partial charge in [-0.25, -0.2) is 4.98 Å². The number of hydrogen-bond donors (Lipinski definition) is 1. The number of imidazole rings is 1. The summed E-state index contributed by atoms with van der Waals surface area (Å²) in [6, 6.07) is 0. The molecule has 2 heterocycles. The monoisotopic (exact) mass is 205 g/mol. The zero-order valence-electron chi connectivity index (χ0n) is 9.23. The third-order valence-electron chi connectivity index (χ3n) is 2.34. The first-order valence-corrected chi connectivity index (χ1v) is 5.00. The van der Waals surface area contributed by atoms with E-state index in [2.05, 4.69) is 22.3 Å². The fourth-order valence-corrected chi connectivity index (χ4v) is 1.66. The lowest BCUT2D eigenvalue weighted by Gasteiger charge is -2.05. The standard InChI is InChI=1S/C10H15N5/c1-4-8-9(7-14(3)13-8)15-6-5-12-10(15)11-2/h5-7H,4H2,1-3H3,(H,11,12). The van der Waals surface area contributed by atoms with E-state index in [1.165, 1.54) is 0 Å². The van der Waals surface area contributed by atoms with E-state index in [4.69, 9.17) is 0 Å². The van der Waals surface area contributed by atoms with Crippen LogP contribution in [0.2, 0.25) is 0 Å². The summed E-state index contributed by atoms with van der Waals surface area (Å²) in [6.07, 6.45) is 6.62. The van der Waals surface area contributed by atoms with Crippen LogP contribution in [0.3, 0.4) is 0 Å². The van der Waals surface area contributed by atoms with Crippen molar-refractivity contribution in [2.75, 3.05) is 12.4 Å². The van der Waals surface area contributed by atoms with E-state index in [0.29, 0.717) is 0 Å². The molecule has 0 unspecified atom stereocenters. The van der Waals surface area contributed by atoms with Gasteiger partial charge < -0.3 is 5.32 Å². The van der Waals surface area contributed by atoms with E-state index >= 15 is 0 Å². The molecule has 0 radical (unpaired) electrons. The van der Waals surface area contributed by atoms with Gasteiger partial charge in [0, 0.05) is 32.7 Å². The van der Waals surface area contributed by atoms with Gasteiger partial charge in [0.1, 0.15) is 0 Å². The normalized spacial score (nSPS) is 10.6. The van der Waals surface area contributed by atoms with Crippen LogP contribution < -0.4 is 5.32 Å². The Kier molecular flexibility index (Phi) is 2.45. The van der Waals surface area contributed by atoms with Crippen LogP contribution in [0.25, 0.3) is 5.69 Å². The lowest BCUT2D eigenvalue weighted by atomic mass is 10.3. The molecule has 0 saturated carbocycles. The molecule has 0 aliphatic carbocycles. The fourth-order valence-electron chi connectivity index (χ4n) is 1.66. The number of hydrogen-bond acceptors (Lipinski definition) is 3. The van der Waals surface area contributed by atoms with Crippen LogP contribution in [-0.4, -0.2) is 26.4 Å². The summed E-state index contributed by atoms with van der Waals surface area (Å²) < 4.78 is 3.83. The first-order chi connectivity index (χ1) is 7.26. The van der Waals surface area contributed by atoms with Crippen LogP contribution in [0.5, 0.6) is 0 Å². The minimum absolute atomic E-state index is 0.831. The first-order valence-electron chi connectivity index (χ1n) is 5.00. The summed E-state index contributed by atoms with van der Waals surface area (Å²) in [6.45, 7) is 2.10. The molecule has 0 bridgehead atoms. The maximum absolute atomic E-state index is 4.40. The summed E-state index contributed by atoms with van der Waals surface area (Å²) >= 11 is 0. The number of nitrogens with zero attached hydrogens (tertiary/aromatic N) is 4. The Morgan fingerprint density at radius 2 is 2.27 bits per heavy atom. The maximum Gasteiger partial charge on any atom is 0.207 e. The van der Waals surface area contributed by atoms with Gasteiger partial charge in [-0.1, -0.05) is 6.92 Å². The minimum Gasteiger partial charge on any atom is -0.358 e. The SMILES string of the molecule is CCc1nn(C)cc1-n1ccnc1NC. The highest BCUT2D eigenvalue weighted by Crippen LogP contribution is 2.17. The highest BCUT2D eigenvalue weighted by molar-refractivity contribution is 5.43. The molecule has 80 valence electrons. The molecule has 0 spiro atoms. The number of aryl methyl sites for hydroxylation is 2. The van der Waals surface area contributed by atoms with Gasteiger partial charge >= 0.3 is 0 Å². The third-order valence-corrected chi connectivity index (χ3v) is 2.34. The Morgan fingerprint density at radius 1 is 1.47 bits per heavy atom. The Bertz CT molecular complexity index is 454. The second-order valence-corrected chi connectivity index (χ2v) is 3.36. The van der Waals surface area contributed by atoms with Gasteiger partial charge in [-0.2, -0.15) is 5.10 Å². The van der Waals surface area contributed by atoms with Crippen LogP contribution in [0, 0.1) is 0 Å². The van der Waals surface area contributed by atoms with Crippen molar-refractivity contribution in [2.24, 2.45) is 7.05 Å². The van der Waals surface area contributed by atoms with Gasteiger partial charge in [-0.05, 0) is 6.42 Å². The lowest BCUT2D eigenvalue weighted by Crippen LogP contribution is -2.01. The molecule has 0 amide bonds. The van der Waals surface area contributed by atoms with Crippen molar-refractivity contribution < 1.29 is 0 Å². The van der Waals surface area contributed by atoms with Crippen molar-refractivity contribution in [3.8, 4) is 5.69 Å². The van der Waals surface area contributed by atoms with E-state index < -0.39 is 0 Å². The van der Waals surface area contributed by atoms with Gasteiger partial charge in [-0.15, -0.1) is 0 Å². The van der Waals surface area contributed by atoms with E-state index in [0.717, 1.165) is 23.8 Å². The molecule has 5 heteroatoms. The second kappa shape index (κ2) is 3.76. The molecule has 0 saturated heterocycles. The average Bonchev–Trinajstić information content (AvgIpc) is 2.82. The van der Waals surface area contributed by atoms with Crippen molar-refractivity contribution >= 4 is 5.95 Å². The molecule has 15 heavy (non-hydrogen) atoms. The van der Waals surface area contributed by atoms with Crippen molar-refractivity contribution in [2.45, 2.75) is 13.3 Å². The average molecular weight is 205 g/mol. The summed E-state index contributed by atoms with van der Waals surface area (Å²) in [5.74, 6) is 0.831. The van der Waals surface area contributed by atoms with Crippen molar-refractivity contribution in [1.82, 2.24) is 19.3 Å². The van der Waals surface area contributed by atoms with Crippen LogP contribution in [0.1, 0.15) is 12.6 Å². The molecule has 0 aliphatic heterocycles. The summed E-state index contributed by atoms with van der Waals surface area (Å²) in [5, 5.41) is 7.45. The van der Waals surface area contributed by atoms with Crippen LogP contribution in [0.15, 0.2) is 18.6 Å². The summed E-state index contributed by atoms with van der Waals surface area (Å²) in [4.78, 5) is 4.21. The van der Waals surface area contributed by atoms with Crippen LogP contribution >= 0.6 is 0 Å². The molecule has 2 aromatic heterocycles. The number of rotatable bonds is 3. The molecule has 0 atom stereocenters. The number of anilines is 1.